The van der Waals surface area contributed by atoms with Crippen LogP contribution in [-0.4, -0.2) is 36.2 Å². The van der Waals surface area contributed by atoms with Crippen LogP contribution >= 0.6 is 15.9 Å². The van der Waals surface area contributed by atoms with Crippen LogP contribution in [0.5, 0.6) is 0 Å². The minimum Gasteiger partial charge on any atom is -0.410 e. The van der Waals surface area contributed by atoms with E-state index >= 15 is 0 Å². The maximum Gasteiger partial charge on any atom is 0.255 e. The summed E-state index contributed by atoms with van der Waals surface area (Å²) >= 11 is 3.57. The highest BCUT2D eigenvalue weighted by atomic mass is 79.9. The Kier molecular flexibility index (Phi) is 4.28. The average Bonchev–Trinajstić information content (AvgIpc) is 3.23. The van der Waals surface area contributed by atoms with Gasteiger partial charge < -0.3 is 10.1 Å². The Balaban J connectivity index is 1.52. The molecule has 0 saturated heterocycles. The van der Waals surface area contributed by atoms with Gasteiger partial charge in [0.05, 0.1) is 11.7 Å². The fourth-order valence-electron chi connectivity index (χ4n) is 3.85. The molecule has 0 aliphatic carbocycles. The SMILES string of the molecule is O=C1c2ccccc2C(Cc2ncccc2Br)N1Cc1ccc2c(c1)nnn2O. The van der Waals surface area contributed by atoms with Crippen molar-refractivity contribution in [1.82, 2.24) is 25.0 Å². The second kappa shape index (κ2) is 6.97. The van der Waals surface area contributed by atoms with Crippen molar-refractivity contribution in [3.8, 4) is 0 Å². The molecule has 0 spiro atoms. The van der Waals surface area contributed by atoms with E-state index in [1.165, 1.54) is 0 Å². The second-order valence-electron chi connectivity index (χ2n) is 6.97. The number of carbonyl (C=O) groups is 1. The third kappa shape index (κ3) is 3.05. The van der Waals surface area contributed by atoms with Gasteiger partial charge in [0.15, 0.2) is 0 Å². The smallest absolute Gasteiger partial charge is 0.255 e. The van der Waals surface area contributed by atoms with Crippen molar-refractivity contribution in [2.45, 2.75) is 19.0 Å². The molecule has 1 amide bonds. The normalized spacial score (nSPS) is 15.8. The van der Waals surface area contributed by atoms with Crippen LogP contribution in [0.2, 0.25) is 0 Å². The van der Waals surface area contributed by atoms with E-state index in [-0.39, 0.29) is 11.9 Å². The molecule has 1 aliphatic rings. The van der Waals surface area contributed by atoms with Gasteiger partial charge >= 0.3 is 0 Å². The van der Waals surface area contributed by atoms with Crippen molar-refractivity contribution in [1.29, 1.82) is 0 Å². The minimum atomic E-state index is -0.117. The van der Waals surface area contributed by atoms with Crippen molar-refractivity contribution >= 4 is 32.9 Å². The summed E-state index contributed by atoms with van der Waals surface area (Å²) < 4.78 is 0.928. The van der Waals surface area contributed by atoms with Gasteiger partial charge in [-0.2, -0.15) is 0 Å². The van der Waals surface area contributed by atoms with Gasteiger partial charge in [-0.15, -0.1) is 5.10 Å². The van der Waals surface area contributed by atoms with Gasteiger partial charge in [0, 0.05) is 29.2 Å². The second-order valence-corrected chi connectivity index (χ2v) is 7.83. The molecule has 1 aliphatic heterocycles. The number of hydrogen-bond donors (Lipinski definition) is 1. The highest BCUT2D eigenvalue weighted by Gasteiger charge is 2.36. The highest BCUT2D eigenvalue weighted by Crippen LogP contribution is 2.37. The Labute approximate surface area is 174 Å². The van der Waals surface area contributed by atoms with Gasteiger partial charge in [-0.25, -0.2) is 0 Å². The van der Waals surface area contributed by atoms with Crippen molar-refractivity contribution in [3.05, 3.63) is 87.7 Å². The molecule has 5 rings (SSSR count). The lowest BCUT2D eigenvalue weighted by molar-refractivity contribution is 0.0708. The van der Waals surface area contributed by atoms with Crippen LogP contribution in [0.15, 0.2) is 65.3 Å². The molecular weight excluding hydrogens is 434 g/mol. The highest BCUT2D eigenvalue weighted by molar-refractivity contribution is 9.10. The van der Waals surface area contributed by atoms with Crippen LogP contribution in [0.3, 0.4) is 0 Å². The standard InChI is InChI=1S/C21H16BrN5O2/c22-16-6-3-9-23-17(16)11-20-14-4-1-2-5-15(14)21(28)26(20)12-13-7-8-19-18(10-13)24-25-27(19)29/h1-10,20,29H,11-12H2. The molecule has 4 aromatic rings. The molecular formula is C21H16BrN5O2. The van der Waals surface area contributed by atoms with Crippen LogP contribution in [0.1, 0.15) is 33.2 Å². The molecule has 7 nitrogen and oxygen atoms in total. The summed E-state index contributed by atoms with van der Waals surface area (Å²) in [6, 6.07) is 16.9. The minimum absolute atomic E-state index is 0.00330. The maximum atomic E-state index is 13.2. The van der Waals surface area contributed by atoms with E-state index in [9.17, 15) is 10.0 Å². The molecule has 8 heteroatoms. The Hall–Kier alpha value is -3.26. The van der Waals surface area contributed by atoms with Gasteiger partial charge in [-0.3, -0.25) is 9.78 Å². The maximum absolute atomic E-state index is 13.2. The van der Waals surface area contributed by atoms with E-state index in [0.717, 1.165) is 31.7 Å². The summed E-state index contributed by atoms with van der Waals surface area (Å²) in [5.41, 5.74) is 4.68. The Bertz CT molecular complexity index is 1240. The molecule has 2 aromatic carbocycles. The topological polar surface area (TPSA) is 84.1 Å². The van der Waals surface area contributed by atoms with Crippen LogP contribution in [-0.2, 0) is 13.0 Å². The number of hydrogen-bond acceptors (Lipinski definition) is 5. The summed E-state index contributed by atoms with van der Waals surface area (Å²) in [6.07, 6.45) is 2.37. The Morgan fingerprint density at radius 2 is 1.97 bits per heavy atom. The molecule has 144 valence electrons. The molecule has 0 radical (unpaired) electrons. The zero-order valence-corrected chi connectivity index (χ0v) is 16.8. The fourth-order valence-corrected chi connectivity index (χ4v) is 4.27. The van der Waals surface area contributed by atoms with E-state index in [4.69, 9.17) is 0 Å². The van der Waals surface area contributed by atoms with Crippen LogP contribution < -0.4 is 0 Å². The molecule has 0 saturated carbocycles. The molecule has 1 N–H and O–H groups in total. The Morgan fingerprint density at radius 1 is 1.10 bits per heavy atom. The summed E-state index contributed by atoms with van der Waals surface area (Å²) in [7, 11) is 0. The first-order valence-electron chi connectivity index (χ1n) is 9.14. The fraction of sp³-hybridized carbons (Fsp3) is 0.143. The number of benzene rings is 2. The lowest BCUT2D eigenvalue weighted by Gasteiger charge is -2.25. The molecule has 29 heavy (non-hydrogen) atoms. The third-order valence-electron chi connectivity index (χ3n) is 5.25. The molecule has 0 bridgehead atoms. The van der Waals surface area contributed by atoms with Gasteiger partial charge in [-0.05, 0) is 62.6 Å². The average molecular weight is 450 g/mol. The predicted molar refractivity (Wildman–Crippen MR) is 109 cm³/mol. The summed E-state index contributed by atoms with van der Waals surface area (Å²) in [6.45, 7) is 0.427. The molecule has 1 atom stereocenters. The first kappa shape index (κ1) is 17.8. The lowest BCUT2D eigenvalue weighted by atomic mass is 10.0. The van der Waals surface area contributed by atoms with E-state index in [0.29, 0.717) is 24.0 Å². The molecule has 1 unspecified atom stereocenters. The number of fused-ring (bicyclic) bond motifs is 2. The van der Waals surface area contributed by atoms with E-state index in [1.807, 2.05) is 53.4 Å². The third-order valence-corrected chi connectivity index (χ3v) is 5.98. The number of carbonyl (C=O) groups excluding carboxylic acids is 1. The van der Waals surface area contributed by atoms with Gasteiger partial charge in [0.1, 0.15) is 11.0 Å². The Morgan fingerprint density at radius 3 is 2.83 bits per heavy atom. The number of pyridine rings is 1. The van der Waals surface area contributed by atoms with Crippen molar-refractivity contribution < 1.29 is 10.0 Å². The molecule has 3 heterocycles. The quantitative estimate of drug-likeness (QED) is 0.479. The first-order chi connectivity index (χ1) is 14.1. The molecule has 2 aromatic heterocycles. The van der Waals surface area contributed by atoms with Gasteiger partial charge in [-0.1, -0.05) is 29.1 Å². The zero-order chi connectivity index (χ0) is 20.0. The largest absolute Gasteiger partial charge is 0.410 e. The van der Waals surface area contributed by atoms with E-state index < -0.39 is 0 Å². The van der Waals surface area contributed by atoms with E-state index in [2.05, 4.69) is 31.2 Å². The predicted octanol–water partition coefficient (Wildman–Crippen LogP) is 3.77. The number of rotatable bonds is 4. The van der Waals surface area contributed by atoms with Crippen molar-refractivity contribution in [2.75, 3.05) is 0 Å². The molecule has 0 fully saturated rings. The number of nitrogens with zero attached hydrogens (tertiary/aromatic N) is 5. The summed E-state index contributed by atoms with van der Waals surface area (Å²) in [5, 5.41) is 17.2. The van der Waals surface area contributed by atoms with Crippen LogP contribution in [0.4, 0.5) is 0 Å². The first-order valence-corrected chi connectivity index (χ1v) is 9.94. The number of aromatic nitrogens is 4. The zero-order valence-electron chi connectivity index (χ0n) is 15.2. The van der Waals surface area contributed by atoms with Gasteiger partial charge in [0.25, 0.3) is 5.91 Å². The number of amides is 1. The summed E-state index contributed by atoms with van der Waals surface area (Å²) in [5.74, 6) is 0.00330. The summed E-state index contributed by atoms with van der Waals surface area (Å²) in [4.78, 5) is 20.3. The van der Waals surface area contributed by atoms with Crippen LogP contribution in [0, 0.1) is 0 Å². The lowest BCUT2D eigenvalue weighted by Crippen LogP contribution is -2.29. The van der Waals surface area contributed by atoms with Gasteiger partial charge in [0.2, 0.25) is 0 Å². The van der Waals surface area contributed by atoms with Crippen molar-refractivity contribution in [3.63, 3.8) is 0 Å². The van der Waals surface area contributed by atoms with E-state index in [1.54, 1.807) is 12.3 Å². The van der Waals surface area contributed by atoms with Crippen molar-refractivity contribution in [2.24, 2.45) is 0 Å². The number of halogens is 1. The monoisotopic (exact) mass is 449 g/mol. The van der Waals surface area contributed by atoms with Crippen LogP contribution in [0.25, 0.3) is 11.0 Å².